The number of hydrogen-bond donors (Lipinski definition) is 1. The number of oxazole rings is 1. The van der Waals surface area contributed by atoms with Gasteiger partial charge in [0.2, 0.25) is 11.7 Å². The zero-order valence-electron chi connectivity index (χ0n) is 14.7. The van der Waals surface area contributed by atoms with Gasteiger partial charge in [0.15, 0.2) is 6.39 Å². The van der Waals surface area contributed by atoms with Crippen LogP contribution < -0.4 is 5.32 Å². The van der Waals surface area contributed by atoms with Crippen LogP contribution in [0.1, 0.15) is 21.8 Å². The molecular formula is C18H19F2N3O4. The molecule has 0 saturated carbocycles. The van der Waals surface area contributed by atoms with Crippen molar-refractivity contribution in [2.45, 2.75) is 13.5 Å². The zero-order chi connectivity index (χ0) is 19.4. The van der Waals surface area contributed by atoms with Crippen molar-refractivity contribution in [2.24, 2.45) is 5.92 Å². The number of hydrogen-bond acceptors (Lipinski definition) is 5. The number of carbonyl (C=O) groups is 2. The monoisotopic (exact) mass is 379 g/mol. The van der Waals surface area contributed by atoms with Gasteiger partial charge in [-0.2, -0.15) is 0 Å². The van der Waals surface area contributed by atoms with E-state index in [2.05, 4.69) is 10.3 Å². The van der Waals surface area contributed by atoms with Crippen LogP contribution in [-0.2, 0) is 16.1 Å². The summed E-state index contributed by atoms with van der Waals surface area (Å²) in [5.41, 5.74) is 0.641. The number of nitrogens with zero attached hydrogens (tertiary/aromatic N) is 2. The molecule has 1 aliphatic heterocycles. The summed E-state index contributed by atoms with van der Waals surface area (Å²) in [5.74, 6) is -2.65. The van der Waals surface area contributed by atoms with Crippen molar-refractivity contribution in [3.05, 3.63) is 53.2 Å². The number of aromatic nitrogens is 1. The lowest BCUT2D eigenvalue weighted by atomic mass is 10.1. The molecule has 7 nitrogen and oxygen atoms in total. The summed E-state index contributed by atoms with van der Waals surface area (Å²) in [6, 6.07) is 3.16. The maximum Gasteiger partial charge on any atom is 0.291 e. The van der Waals surface area contributed by atoms with Gasteiger partial charge < -0.3 is 19.4 Å². The van der Waals surface area contributed by atoms with E-state index >= 15 is 0 Å². The van der Waals surface area contributed by atoms with Gasteiger partial charge in [-0.05, 0) is 13.0 Å². The fraction of sp³-hybridized carbons (Fsp3) is 0.389. The molecule has 1 fully saturated rings. The zero-order valence-corrected chi connectivity index (χ0v) is 14.7. The van der Waals surface area contributed by atoms with E-state index in [0.717, 1.165) is 12.1 Å². The van der Waals surface area contributed by atoms with Crippen LogP contribution in [0, 0.1) is 24.5 Å². The fourth-order valence-corrected chi connectivity index (χ4v) is 2.80. The minimum absolute atomic E-state index is 0.0867. The van der Waals surface area contributed by atoms with Crippen LogP contribution in [0.4, 0.5) is 8.78 Å². The van der Waals surface area contributed by atoms with Crippen LogP contribution in [-0.4, -0.2) is 48.0 Å². The third kappa shape index (κ3) is 4.48. The van der Waals surface area contributed by atoms with E-state index < -0.39 is 17.6 Å². The highest BCUT2D eigenvalue weighted by Gasteiger charge is 2.30. The normalized spacial score (nSPS) is 17.4. The fourth-order valence-electron chi connectivity index (χ4n) is 2.80. The van der Waals surface area contributed by atoms with E-state index in [-0.39, 0.29) is 49.4 Å². The largest absolute Gasteiger partial charge is 0.438 e. The molecule has 0 spiro atoms. The van der Waals surface area contributed by atoms with E-state index in [4.69, 9.17) is 9.15 Å². The lowest BCUT2D eigenvalue weighted by Gasteiger charge is -2.22. The van der Waals surface area contributed by atoms with Gasteiger partial charge in [0.1, 0.15) is 11.6 Å². The van der Waals surface area contributed by atoms with E-state index in [9.17, 15) is 18.4 Å². The molecule has 27 heavy (non-hydrogen) atoms. The first-order chi connectivity index (χ1) is 13.0. The molecule has 9 heteroatoms. The molecule has 1 aromatic carbocycles. The van der Waals surface area contributed by atoms with Crippen molar-refractivity contribution in [1.29, 1.82) is 0 Å². The Morgan fingerprint density at radius 3 is 2.89 bits per heavy atom. The third-order valence-electron chi connectivity index (χ3n) is 4.33. The summed E-state index contributed by atoms with van der Waals surface area (Å²) in [4.78, 5) is 30.4. The van der Waals surface area contributed by atoms with Gasteiger partial charge in [0.05, 0.1) is 24.8 Å². The highest BCUT2D eigenvalue weighted by molar-refractivity contribution is 5.92. The van der Waals surface area contributed by atoms with E-state index in [1.165, 1.54) is 17.4 Å². The number of amides is 2. The van der Waals surface area contributed by atoms with E-state index in [0.29, 0.717) is 12.2 Å². The van der Waals surface area contributed by atoms with Crippen LogP contribution >= 0.6 is 0 Å². The smallest absolute Gasteiger partial charge is 0.291 e. The number of ether oxygens (including phenoxy) is 1. The minimum Gasteiger partial charge on any atom is -0.438 e. The van der Waals surface area contributed by atoms with Crippen molar-refractivity contribution in [3.63, 3.8) is 0 Å². The highest BCUT2D eigenvalue weighted by atomic mass is 19.1. The Balaban J connectivity index is 1.63. The lowest BCUT2D eigenvalue weighted by molar-refractivity contribution is -0.126. The first kappa shape index (κ1) is 19.0. The average Bonchev–Trinajstić information content (AvgIpc) is 2.91. The summed E-state index contributed by atoms with van der Waals surface area (Å²) < 4.78 is 37.2. The second-order valence-electron chi connectivity index (χ2n) is 6.24. The Morgan fingerprint density at radius 1 is 1.37 bits per heavy atom. The molecule has 1 atom stereocenters. The van der Waals surface area contributed by atoms with Crippen LogP contribution in [0.3, 0.4) is 0 Å². The Bertz CT molecular complexity index is 840. The van der Waals surface area contributed by atoms with Gasteiger partial charge >= 0.3 is 0 Å². The molecule has 2 aromatic rings. The standard InChI is InChI=1S/C18H19F2N3O4/c1-11-16(27-10-22-11)18(25)23-4-5-26-9-13(8-23)17(24)21-7-12-2-3-14(19)6-15(12)20/h2-3,6,10,13H,4-5,7-9H2,1H3,(H,21,24). The van der Waals surface area contributed by atoms with Crippen molar-refractivity contribution in [2.75, 3.05) is 26.3 Å². The second-order valence-corrected chi connectivity index (χ2v) is 6.24. The maximum absolute atomic E-state index is 13.7. The number of halogens is 2. The molecule has 1 unspecified atom stereocenters. The molecular weight excluding hydrogens is 360 g/mol. The molecule has 1 aromatic heterocycles. The molecule has 1 saturated heterocycles. The van der Waals surface area contributed by atoms with Gasteiger partial charge in [0, 0.05) is 31.3 Å². The number of nitrogens with one attached hydrogen (secondary N) is 1. The van der Waals surface area contributed by atoms with Crippen LogP contribution in [0.5, 0.6) is 0 Å². The highest BCUT2D eigenvalue weighted by Crippen LogP contribution is 2.15. The lowest BCUT2D eigenvalue weighted by Crippen LogP contribution is -2.41. The second kappa shape index (κ2) is 8.26. The molecule has 3 rings (SSSR count). The molecule has 2 heterocycles. The minimum atomic E-state index is -0.731. The SMILES string of the molecule is Cc1ncoc1C(=O)N1CCOCC(C(=O)NCc2ccc(F)cc2F)C1. The van der Waals surface area contributed by atoms with Crippen molar-refractivity contribution < 1.29 is 27.5 Å². The predicted octanol–water partition coefficient (Wildman–Crippen LogP) is 1.67. The molecule has 2 amide bonds. The van der Waals surface area contributed by atoms with Crippen LogP contribution in [0.2, 0.25) is 0 Å². The Hall–Kier alpha value is -2.81. The first-order valence-electron chi connectivity index (χ1n) is 8.44. The Labute approximate surface area is 154 Å². The number of rotatable bonds is 4. The van der Waals surface area contributed by atoms with Gasteiger partial charge in [-0.3, -0.25) is 9.59 Å². The summed E-state index contributed by atoms with van der Waals surface area (Å²) in [6.07, 6.45) is 1.19. The molecule has 1 N–H and O–H groups in total. The van der Waals surface area contributed by atoms with Crippen LogP contribution in [0.15, 0.2) is 29.0 Å². The summed E-state index contributed by atoms with van der Waals surface area (Å²) in [5, 5.41) is 2.61. The van der Waals surface area contributed by atoms with Crippen LogP contribution in [0.25, 0.3) is 0 Å². The first-order valence-corrected chi connectivity index (χ1v) is 8.44. The molecule has 0 radical (unpaired) electrons. The van der Waals surface area contributed by atoms with Gasteiger partial charge in [-0.25, -0.2) is 13.8 Å². The summed E-state index contributed by atoms with van der Waals surface area (Å²) in [7, 11) is 0. The topological polar surface area (TPSA) is 84.7 Å². The van der Waals surface area contributed by atoms with Gasteiger partial charge in [-0.1, -0.05) is 6.07 Å². The van der Waals surface area contributed by atoms with Crippen molar-refractivity contribution in [1.82, 2.24) is 15.2 Å². The quantitative estimate of drug-likeness (QED) is 0.874. The Morgan fingerprint density at radius 2 is 2.19 bits per heavy atom. The maximum atomic E-state index is 13.7. The van der Waals surface area contributed by atoms with Gasteiger partial charge in [0.25, 0.3) is 5.91 Å². The van der Waals surface area contributed by atoms with Gasteiger partial charge in [-0.15, -0.1) is 0 Å². The molecule has 144 valence electrons. The third-order valence-corrected chi connectivity index (χ3v) is 4.33. The average molecular weight is 379 g/mol. The Kier molecular flexibility index (Phi) is 5.80. The summed E-state index contributed by atoms with van der Waals surface area (Å²) >= 11 is 0. The van der Waals surface area contributed by atoms with E-state index in [1.807, 2.05) is 0 Å². The molecule has 1 aliphatic rings. The summed E-state index contributed by atoms with van der Waals surface area (Å²) in [6.45, 7) is 2.45. The predicted molar refractivity (Wildman–Crippen MR) is 89.7 cm³/mol. The van der Waals surface area contributed by atoms with Crippen molar-refractivity contribution >= 4 is 11.8 Å². The number of benzene rings is 1. The number of aryl methyl sites for hydroxylation is 1. The van der Waals surface area contributed by atoms with E-state index in [1.54, 1.807) is 6.92 Å². The molecule has 0 bridgehead atoms. The van der Waals surface area contributed by atoms with Crippen molar-refractivity contribution in [3.8, 4) is 0 Å². The number of carbonyl (C=O) groups excluding carboxylic acids is 2. The molecule has 0 aliphatic carbocycles.